The molecule has 0 bridgehead atoms. The van der Waals surface area contributed by atoms with Gasteiger partial charge in [-0.2, -0.15) is 18.3 Å². The molecule has 0 aliphatic heterocycles. The lowest BCUT2D eigenvalue weighted by atomic mass is 9.99. The summed E-state index contributed by atoms with van der Waals surface area (Å²) in [7, 11) is 1.59. The van der Waals surface area contributed by atoms with Gasteiger partial charge in [0.1, 0.15) is 5.15 Å². The summed E-state index contributed by atoms with van der Waals surface area (Å²) in [5.41, 5.74) is 0.843. The van der Waals surface area contributed by atoms with Gasteiger partial charge in [-0.05, 0) is 12.3 Å². The SMILES string of the molecule is CC(C)c1nn(C)c(Cl)c1C(O)CCC(F)(F)F. The van der Waals surface area contributed by atoms with Gasteiger partial charge < -0.3 is 5.11 Å². The van der Waals surface area contributed by atoms with Crippen LogP contribution in [-0.2, 0) is 7.05 Å². The van der Waals surface area contributed by atoms with Crippen molar-refractivity contribution in [2.24, 2.45) is 7.05 Å². The van der Waals surface area contributed by atoms with Crippen molar-refractivity contribution in [3.8, 4) is 0 Å². The molecule has 0 fully saturated rings. The molecule has 1 atom stereocenters. The zero-order valence-corrected chi connectivity index (χ0v) is 11.2. The molecule has 3 nitrogen and oxygen atoms in total. The van der Waals surface area contributed by atoms with Crippen LogP contribution in [0.4, 0.5) is 13.2 Å². The number of aliphatic hydroxyl groups is 1. The van der Waals surface area contributed by atoms with Crippen LogP contribution in [0.25, 0.3) is 0 Å². The highest BCUT2D eigenvalue weighted by Gasteiger charge is 2.30. The summed E-state index contributed by atoms with van der Waals surface area (Å²) in [6.07, 6.45) is -6.98. The first kappa shape index (κ1) is 15.3. The van der Waals surface area contributed by atoms with Crippen molar-refractivity contribution in [1.29, 1.82) is 0 Å². The Labute approximate surface area is 109 Å². The van der Waals surface area contributed by atoms with E-state index in [0.29, 0.717) is 11.3 Å². The Morgan fingerprint density at radius 2 is 1.94 bits per heavy atom. The fourth-order valence-electron chi connectivity index (χ4n) is 1.72. The van der Waals surface area contributed by atoms with Crippen LogP contribution in [0.2, 0.25) is 5.15 Å². The molecule has 1 rings (SSSR count). The molecule has 0 aliphatic rings. The van der Waals surface area contributed by atoms with Gasteiger partial charge in [-0.3, -0.25) is 4.68 Å². The zero-order chi connectivity index (χ0) is 14.1. The molecule has 1 aromatic heterocycles. The van der Waals surface area contributed by atoms with Crippen LogP contribution >= 0.6 is 11.6 Å². The van der Waals surface area contributed by atoms with Crippen LogP contribution in [0.5, 0.6) is 0 Å². The van der Waals surface area contributed by atoms with E-state index < -0.39 is 25.1 Å². The highest BCUT2D eigenvalue weighted by Crippen LogP contribution is 2.35. The maximum atomic E-state index is 12.1. The maximum absolute atomic E-state index is 12.1. The van der Waals surface area contributed by atoms with Gasteiger partial charge in [0.25, 0.3) is 0 Å². The first-order valence-electron chi connectivity index (χ1n) is 5.60. The molecular weight excluding hydrogens is 269 g/mol. The van der Waals surface area contributed by atoms with E-state index in [2.05, 4.69) is 5.10 Å². The molecule has 0 radical (unpaired) electrons. The van der Waals surface area contributed by atoms with Crippen LogP contribution < -0.4 is 0 Å². The molecule has 0 saturated carbocycles. The number of aromatic nitrogens is 2. The van der Waals surface area contributed by atoms with Crippen LogP contribution in [0.3, 0.4) is 0 Å². The van der Waals surface area contributed by atoms with E-state index in [-0.39, 0.29) is 11.1 Å². The molecule has 18 heavy (non-hydrogen) atoms. The largest absolute Gasteiger partial charge is 0.389 e. The molecule has 0 spiro atoms. The number of rotatable bonds is 4. The molecule has 1 unspecified atom stereocenters. The van der Waals surface area contributed by atoms with Gasteiger partial charge in [0, 0.05) is 19.0 Å². The fourth-order valence-corrected chi connectivity index (χ4v) is 1.98. The summed E-state index contributed by atoms with van der Waals surface area (Å²) in [6, 6.07) is 0. The maximum Gasteiger partial charge on any atom is 0.389 e. The van der Waals surface area contributed by atoms with Crippen LogP contribution in [0.15, 0.2) is 0 Å². The quantitative estimate of drug-likeness (QED) is 0.918. The fraction of sp³-hybridized carbons (Fsp3) is 0.727. The third kappa shape index (κ3) is 3.62. The topological polar surface area (TPSA) is 38.0 Å². The summed E-state index contributed by atoms with van der Waals surface area (Å²) >= 11 is 5.96. The Morgan fingerprint density at radius 3 is 2.39 bits per heavy atom. The van der Waals surface area contributed by atoms with Gasteiger partial charge in [-0.1, -0.05) is 25.4 Å². The highest BCUT2D eigenvalue weighted by molar-refractivity contribution is 6.30. The zero-order valence-electron chi connectivity index (χ0n) is 10.4. The minimum absolute atomic E-state index is 0.0146. The summed E-state index contributed by atoms with van der Waals surface area (Å²) < 4.78 is 37.8. The Kier molecular flexibility index (Phi) is 4.66. The monoisotopic (exact) mass is 284 g/mol. The lowest BCUT2D eigenvalue weighted by Gasteiger charge is -2.14. The molecule has 0 aliphatic carbocycles. The molecule has 1 N–H and O–H groups in total. The van der Waals surface area contributed by atoms with Crippen molar-refractivity contribution >= 4 is 11.6 Å². The summed E-state index contributed by atoms with van der Waals surface area (Å²) in [5.74, 6) is -0.0146. The smallest absolute Gasteiger partial charge is 0.388 e. The average molecular weight is 285 g/mol. The second-order valence-electron chi connectivity index (χ2n) is 4.54. The predicted molar refractivity (Wildman–Crippen MR) is 62.6 cm³/mol. The second kappa shape index (κ2) is 5.48. The van der Waals surface area contributed by atoms with Crippen molar-refractivity contribution in [3.05, 3.63) is 16.4 Å². The lowest BCUT2D eigenvalue weighted by Crippen LogP contribution is -2.11. The normalized spacial score (nSPS) is 14.3. The third-order valence-electron chi connectivity index (χ3n) is 2.62. The Hall–Kier alpha value is -0.750. The number of alkyl halides is 3. The van der Waals surface area contributed by atoms with E-state index in [4.69, 9.17) is 11.6 Å². The summed E-state index contributed by atoms with van der Waals surface area (Å²) in [5, 5.41) is 14.2. The van der Waals surface area contributed by atoms with E-state index >= 15 is 0 Å². The third-order valence-corrected chi connectivity index (χ3v) is 3.07. The van der Waals surface area contributed by atoms with E-state index in [1.54, 1.807) is 7.05 Å². The molecule has 0 saturated heterocycles. The predicted octanol–water partition coefficient (Wildman–Crippen LogP) is 3.57. The van der Waals surface area contributed by atoms with Crippen molar-refractivity contribution < 1.29 is 18.3 Å². The number of halogens is 4. The van der Waals surface area contributed by atoms with Crippen LogP contribution in [0, 0.1) is 0 Å². The highest BCUT2D eigenvalue weighted by atomic mass is 35.5. The van der Waals surface area contributed by atoms with Crippen LogP contribution in [-0.4, -0.2) is 21.1 Å². The molecule has 0 amide bonds. The molecule has 7 heteroatoms. The average Bonchev–Trinajstić information content (AvgIpc) is 2.51. The number of hydrogen-bond acceptors (Lipinski definition) is 2. The van der Waals surface area contributed by atoms with Gasteiger partial charge in [0.15, 0.2) is 0 Å². The minimum Gasteiger partial charge on any atom is -0.388 e. The van der Waals surface area contributed by atoms with E-state index in [1.807, 2.05) is 13.8 Å². The van der Waals surface area contributed by atoms with Crippen molar-refractivity contribution in [2.45, 2.75) is 44.9 Å². The van der Waals surface area contributed by atoms with Gasteiger partial charge in [0.2, 0.25) is 0 Å². The summed E-state index contributed by atoms with van der Waals surface area (Å²) in [4.78, 5) is 0. The van der Waals surface area contributed by atoms with E-state index in [0.717, 1.165) is 0 Å². The van der Waals surface area contributed by atoms with E-state index in [1.165, 1.54) is 4.68 Å². The summed E-state index contributed by atoms with van der Waals surface area (Å²) in [6.45, 7) is 3.69. The molecule has 0 aromatic carbocycles. The Bertz CT molecular complexity index is 415. The number of aryl methyl sites for hydroxylation is 1. The lowest BCUT2D eigenvalue weighted by molar-refractivity contribution is -0.140. The van der Waals surface area contributed by atoms with Gasteiger partial charge in [-0.25, -0.2) is 0 Å². The van der Waals surface area contributed by atoms with Crippen molar-refractivity contribution in [2.75, 3.05) is 0 Å². The molecular formula is C11H16ClF3N2O. The first-order chi connectivity index (χ1) is 8.13. The number of hydrogen-bond donors (Lipinski definition) is 1. The van der Waals surface area contributed by atoms with Crippen LogP contribution in [0.1, 0.15) is 50.0 Å². The second-order valence-corrected chi connectivity index (χ2v) is 4.90. The molecule has 104 valence electrons. The van der Waals surface area contributed by atoms with Crippen molar-refractivity contribution in [3.63, 3.8) is 0 Å². The Balaban J connectivity index is 2.94. The van der Waals surface area contributed by atoms with Gasteiger partial charge in [-0.15, -0.1) is 0 Å². The van der Waals surface area contributed by atoms with Gasteiger partial charge in [0.05, 0.1) is 11.8 Å². The minimum atomic E-state index is -4.28. The number of nitrogens with zero attached hydrogens (tertiary/aromatic N) is 2. The molecule has 1 heterocycles. The van der Waals surface area contributed by atoms with Crippen molar-refractivity contribution in [1.82, 2.24) is 9.78 Å². The molecule has 1 aromatic rings. The standard InChI is InChI=1S/C11H16ClF3N2O/c1-6(2)9-8(10(12)17(3)16-9)7(18)4-5-11(13,14)15/h6-7,18H,4-5H2,1-3H3. The number of aliphatic hydroxyl groups excluding tert-OH is 1. The van der Waals surface area contributed by atoms with Gasteiger partial charge >= 0.3 is 6.18 Å². The first-order valence-corrected chi connectivity index (χ1v) is 5.98. The Morgan fingerprint density at radius 1 is 1.39 bits per heavy atom. The van der Waals surface area contributed by atoms with E-state index in [9.17, 15) is 18.3 Å².